The molecule has 0 bridgehead atoms. The summed E-state index contributed by atoms with van der Waals surface area (Å²) in [5.74, 6) is 0.573. The summed E-state index contributed by atoms with van der Waals surface area (Å²) in [5, 5.41) is 6.82. The first-order chi connectivity index (χ1) is 7.78. The fraction of sp³-hybridized carbons (Fsp3) is 0.615. The number of hydrogen-bond donors (Lipinski definition) is 1. The van der Waals surface area contributed by atoms with Crippen LogP contribution in [-0.4, -0.2) is 11.7 Å². The van der Waals surface area contributed by atoms with E-state index in [1.807, 2.05) is 26.2 Å². The van der Waals surface area contributed by atoms with Gasteiger partial charge in [0.25, 0.3) is 0 Å². The molecule has 1 aromatic rings. The van der Waals surface area contributed by atoms with Crippen molar-refractivity contribution in [1.29, 1.82) is 0 Å². The van der Waals surface area contributed by atoms with Crippen molar-refractivity contribution in [2.75, 3.05) is 5.32 Å². The number of carbonyl (C=O) groups excluding carboxylic acids is 1. The van der Waals surface area contributed by atoms with Gasteiger partial charge in [-0.25, -0.2) is 4.79 Å². The second-order valence-electron chi connectivity index (χ2n) is 5.54. The summed E-state index contributed by atoms with van der Waals surface area (Å²) in [5.41, 5.74) is 1.59. The molecule has 1 aromatic heterocycles. The highest BCUT2D eigenvalue weighted by molar-refractivity contribution is 7.08. The zero-order valence-corrected chi connectivity index (χ0v) is 12.0. The molecule has 0 aliphatic carbocycles. The first kappa shape index (κ1) is 14.0. The first-order valence-corrected chi connectivity index (χ1v) is 6.77. The minimum atomic E-state index is -0.460. The van der Waals surface area contributed by atoms with Gasteiger partial charge >= 0.3 is 6.09 Å². The third-order valence-corrected chi connectivity index (χ3v) is 2.80. The van der Waals surface area contributed by atoms with E-state index in [1.165, 1.54) is 5.56 Å². The van der Waals surface area contributed by atoms with Crippen molar-refractivity contribution in [2.45, 2.75) is 46.6 Å². The number of anilines is 1. The lowest BCUT2D eigenvalue weighted by Crippen LogP contribution is -2.27. The zero-order chi connectivity index (χ0) is 13.1. The van der Waals surface area contributed by atoms with E-state index in [0.29, 0.717) is 5.92 Å². The lowest BCUT2D eigenvalue weighted by Gasteiger charge is -2.19. The van der Waals surface area contributed by atoms with Crippen LogP contribution in [0.1, 0.15) is 40.2 Å². The zero-order valence-electron chi connectivity index (χ0n) is 11.2. The van der Waals surface area contributed by atoms with Gasteiger partial charge in [-0.05, 0) is 44.1 Å². The summed E-state index contributed by atoms with van der Waals surface area (Å²) in [6.45, 7) is 9.89. The summed E-state index contributed by atoms with van der Waals surface area (Å²) in [7, 11) is 0. The molecule has 1 N–H and O–H groups in total. The van der Waals surface area contributed by atoms with Crippen LogP contribution in [0.2, 0.25) is 0 Å². The van der Waals surface area contributed by atoms with E-state index in [0.717, 1.165) is 12.1 Å². The van der Waals surface area contributed by atoms with Gasteiger partial charge in [0.2, 0.25) is 0 Å². The SMILES string of the molecule is CC(C)Cc1cscc1NC(=O)OC(C)(C)C. The van der Waals surface area contributed by atoms with Crippen LogP contribution in [-0.2, 0) is 11.2 Å². The van der Waals surface area contributed by atoms with Gasteiger partial charge in [-0.2, -0.15) is 0 Å². The van der Waals surface area contributed by atoms with Gasteiger partial charge in [0.15, 0.2) is 0 Å². The Morgan fingerprint density at radius 2 is 2.06 bits per heavy atom. The van der Waals surface area contributed by atoms with Gasteiger partial charge in [0.1, 0.15) is 5.60 Å². The van der Waals surface area contributed by atoms with Gasteiger partial charge in [-0.15, -0.1) is 11.3 Å². The van der Waals surface area contributed by atoms with Crippen molar-refractivity contribution in [3.8, 4) is 0 Å². The Kier molecular flexibility index (Phi) is 4.57. The second kappa shape index (κ2) is 5.54. The van der Waals surface area contributed by atoms with E-state index in [-0.39, 0.29) is 6.09 Å². The summed E-state index contributed by atoms with van der Waals surface area (Å²) in [6, 6.07) is 0. The molecule has 3 nitrogen and oxygen atoms in total. The quantitative estimate of drug-likeness (QED) is 0.874. The lowest BCUT2D eigenvalue weighted by atomic mass is 10.1. The monoisotopic (exact) mass is 255 g/mol. The maximum Gasteiger partial charge on any atom is 0.412 e. The Hall–Kier alpha value is -1.03. The average molecular weight is 255 g/mol. The topological polar surface area (TPSA) is 38.3 Å². The molecule has 0 saturated carbocycles. The Balaban J connectivity index is 2.62. The van der Waals surface area contributed by atoms with Crippen LogP contribution < -0.4 is 5.32 Å². The van der Waals surface area contributed by atoms with E-state index >= 15 is 0 Å². The summed E-state index contributed by atoms with van der Waals surface area (Å²) < 4.78 is 5.23. The van der Waals surface area contributed by atoms with Crippen molar-refractivity contribution < 1.29 is 9.53 Å². The fourth-order valence-electron chi connectivity index (χ4n) is 1.44. The molecule has 1 heterocycles. The molecule has 0 aromatic carbocycles. The molecule has 0 aliphatic rings. The Morgan fingerprint density at radius 1 is 1.41 bits per heavy atom. The van der Waals surface area contributed by atoms with Gasteiger partial charge in [-0.3, -0.25) is 5.32 Å². The highest BCUT2D eigenvalue weighted by Crippen LogP contribution is 2.24. The number of amides is 1. The van der Waals surface area contributed by atoms with Crippen LogP contribution >= 0.6 is 11.3 Å². The van der Waals surface area contributed by atoms with Crippen molar-refractivity contribution in [2.24, 2.45) is 5.92 Å². The van der Waals surface area contributed by atoms with Crippen molar-refractivity contribution in [3.05, 3.63) is 16.3 Å². The van der Waals surface area contributed by atoms with Crippen molar-refractivity contribution in [3.63, 3.8) is 0 Å². The van der Waals surface area contributed by atoms with E-state index in [9.17, 15) is 4.79 Å². The minimum Gasteiger partial charge on any atom is -0.444 e. The van der Waals surface area contributed by atoms with Gasteiger partial charge < -0.3 is 4.74 Å². The van der Waals surface area contributed by atoms with Crippen LogP contribution in [0.15, 0.2) is 10.8 Å². The summed E-state index contributed by atoms with van der Waals surface area (Å²) in [6.07, 6.45) is 0.579. The summed E-state index contributed by atoms with van der Waals surface area (Å²) in [4.78, 5) is 11.6. The van der Waals surface area contributed by atoms with Crippen LogP contribution in [0, 0.1) is 5.92 Å². The van der Waals surface area contributed by atoms with Crippen molar-refractivity contribution >= 4 is 23.1 Å². The standard InChI is InChI=1S/C13H21NO2S/c1-9(2)6-10-7-17-8-11(10)14-12(15)16-13(3,4)5/h7-9H,6H2,1-5H3,(H,14,15). The minimum absolute atomic E-state index is 0.388. The molecule has 0 fully saturated rings. The largest absolute Gasteiger partial charge is 0.444 e. The third-order valence-electron chi connectivity index (χ3n) is 2.01. The highest BCUT2D eigenvalue weighted by atomic mass is 32.1. The number of ether oxygens (including phenoxy) is 1. The molecule has 0 unspecified atom stereocenters. The Morgan fingerprint density at radius 3 is 2.59 bits per heavy atom. The Bertz CT molecular complexity index is 377. The molecule has 17 heavy (non-hydrogen) atoms. The van der Waals surface area contributed by atoms with E-state index in [1.54, 1.807) is 11.3 Å². The van der Waals surface area contributed by atoms with Gasteiger partial charge in [0.05, 0.1) is 5.69 Å². The van der Waals surface area contributed by atoms with Crippen LogP contribution in [0.4, 0.5) is 10.5 Å². The molecule has 1 rings (SSSR count). The number of thiophene rings is 1. The van der Waals surface area contributed by atoms with Crippen LogP contribution in [0.25, 0.3) is 0 Å². The van der Waals surface area contributed by atoms with Crippen molar-refractivity contribution in [1.82, 2.24) is 0 Å². The maximum absolute atomic E-state index is 11.6. The number of hydrogen-bond acceptors (Lipinski definition) is 3. The molecule has 0 spiro atoms. The fourth-order valence-corrected chi connectivity index (χ4v) is 2.25. The van der Waals surface area contributed by atoms with E-state index in [4.69, 9.17) is 4.74 Å². The normalized spacial score (nSPS) is 11.6. The maximum atomic E-state index is 11.6. The van der Waals surface area contributed by atoms with Gasteiger partial charge in [0, 0.05) is 5.38 Å². The molecule has 96 valence electrons. The third kappa shape index (κ3) is 5.22. The van der Waals surface area contributed by atoms with E-state index in [2.05, 4.69) is 24.5 Å². The van der Waals surface area contributed by atoms with E-state index < -0.39 is 5.60 Å². The lowest BCUT2D eigenvalue weighted by molar-refractivity contribution is 0.0636. The molecule has 0 aliphatic heterocycles. The average Bonchev–Trinajstić information content (AvgIpc) is 2.47. The number of rotatable bonds is 3. The predicted molar refractivity (Wildman–Crippen MR) is 72.7 cm³/mol. The Labute approximate surface area is 107 Å². The van der Waals surface area contributed by atoms with Gasteiger partial charge in [-0.1, -0.05) is 13.8 Å². The smallest absolute Gasteiger partial charge is 0.412 e. The van der Waals surface area contributed by atoms with Crippen LogP contribution in [0.3, 0.4) is 0 Å². The molecule has 1 amide bonds. The van der Waals surface area contributed by atoms with Crippen LogP contribution in [0.5, 0.6) is 0 Å². The molecule has 0 atom stereocenters. The summed E-state index contributed by atoms with van der Waals surface area (Å²) >= 11 is 1.60. The highest BCUT2D eigenvalue weighted by Gasteiger charge is 2.17. The molecule has 0 radical (unpaired) electrons. The molecular weight excluding hydrogens is 234 g/mol. The second-order valence-corrected chi connectivity index (χ2v) is 6.28. The first-order valence-electron chi connectivity index (χ1n) is 5.83. The molecular formula is C13H21NO2S. The predicted octanol–water partition coefficient (Wildman–Crippen LogP) is 4.29. The number of carbonyl (C=O) groups is 1. The molecule has 4 heteroatoms. The molecule has 0 saturated heterocycles. The number of nitrogens with one attached hydrogen (secondary N) is 1.